The highest BCUT2D eigenvalue weighted by atomic mass is 16.5. The van der Waals surface area contributed by atoms with Crippen LogP contribution in [-0.2, 0) is 13.1 Å². The Balaban J connectivity index is 1.84. The molecule has 1 aliphatic heterocycles. The maximum Gasteiger partial charge on any atom is 0.213 e. The second kappa shape index (κ2) is 4.22. The van der Waals surface area contributed by atoms with Gasteiger partial charge in [-0.05, 0) is 29.3 Å². The number of ether oxygens (including phenoxy) is 1. The van der Waals surface area contributed by atoms with Crippen LogP contribution in [0.1, 0.15) is 11.1 Å². The zero-order valence-electron chi connectivity index (χ0n) is 10.3. The summed E-state index contributed by atoms with van der Waals surface area (Å²) in [4.78, 5) is 6.51. The molecule has 0 aliphatic carbocycles. The number of aromatic nitrogens is 1. The summed E-state index contributed by atoms with van der Waals surface area (Å²) in [5, 5.41) is 0. The van der Waals surface area contributed by atoms with Crippen LogP contribution < -0.4 is 15.4 Å². The first-order valence-electron chi connectivity index (χ1n) is 5.88. The number of pyridine rings is 1. The molecule has 18 heavy (non-hydrogen) atoms. The van der Waals surface area contributed by atoms with Crippen molar-refractivity contribution in [3.63, 3.8) is 0 Å². The standard InChI is InChI=1S/C14H15N3O/c1-18-14-5-4-13(7-16-14)17-8-10-2-3-12(15)6-11(10)9-17/h2-7H,8-9,15H2,1H3. The van der Waals surface area contributed by atoms with Crippen molar-refractivity contribution in [2.45, 2.75) is 13.1 Å². The number of nitrogens with two attached hydrogens (primary N) is 1. The molecule has 2 N–H and O–H groups in total. The first-order chi connectivity index (χ1) is 8.76. The van der Waals surface area contributed by atoms with Crippen LogP contribution in [0.25, 0.3) is 0 Å². The van der Waals surface area contributed by atoms with E-state index in [9.17, 15) is 0 Å². The van der Waals surface area contributed by atoms with Crippen LogP contribution in [-0.4, -0.2) is 12.1 Å². The third kappa shape index (κ3) is 1.86. The van der Waals surface area contributed by atoms with Gasteiger partial charge in [0.2, 0.25) is 5.88 Å². The molecule has 1 aromatic heterocycles. The molecule has 0 amide bonds. The Labute approximate surface area is 106 Å². The molecule has 1 aromatic carbocycles. The van der Waals surface area contributed by atoms with Gasteiger partial charge < -0.3 is 15.4 Å². The average molecular weight is 241 g/mol. The summed E-state index contributed by atoms with van der Waals surface area (Å²) >= 11 is 0. The highest BCUT2D eigenvalue weighted by molar-refractivity contribution is 5.54. The molecule has 0 spiro atoms. The molecule has 0 radical (unpaired) electrons. The number of nitrogens with zero attached hydrogens (tertiary/aromatic N) is 2. The molecule has 4 nitrogen and oxygen atoms in total. The molecule has 0 saturated heterocycles. The van der Waals surface area contributed by atoms with Gasteiger partial charge in [0.05, 0.1) is 19.0 Å². The van der Waals surface area contributed by atoms with E-state index in [0.29, 0.717) is 5.88 Å². The molecule has 4 heteroatoms. The Morgan fingerprint density at radius 2 is 2.00 bits per heavy atom. The number of rotatable bonds is 2. The van der Waals surface area contributed by atoms with Gasteiger partial charge in [0, 0.05) is 24.8 Å². The van der Waals surface area contributed by atoms with Crippen molar-refractivity contribution >= 4 is 11.4 Å². The van der Waals surface area contributed by atoms with E-state index in [1.807, 2.05) is 30.5 Å². The lowest BCUT2D eigenvalue weighted by atomic mass is 10.1. The summed E-state index contributed by atoms with van der Waals surface area (Å²) in [6, 6.07) is 10.0. The van der Waals surface area contributed by atoms with E-state index >= 15 is 0 Å². The Hall–Kier alpha value is -2.23. The molecular formula is C14H15N3O. The van der Waals surface area contributed by atoms with Crippen molar-refractivity contribution in [3.05, 3.63) is 47.7 Å². The third-order valence-electron chi connectivity index (χ3n) is 3.25. The van der Waals surface area contributed by atoms with Crippen LogP contribution in [0.5, 0.6) is 5.88 Å². The van der Waals surface area contributed by atoms with E-state index in [2.05, 4.69) is 16.0 Å². The Morgan fingerprint density at radius 3 is 2.72 bits per heavy atom. The highest BCUT2D eigenvalue weighted by Gasteiger charge is 2.19. The van der Waals surface area contributed by atoms with Gasteiger partial charge in [-0.15, -0.1) is 0 Å². The highest BCUT2D eigenvalue weighted by Crippen LogP contribution is 2.29. The Kier molecular flexibility index (Phi) is 2.55. The number of nitrogen functional groups attached to an aromatic ring is 1. The fourth-order valence-electron chi connectivity index (χ4n) is 2.28. The Morgan fingerprint density at radius 1 is 1.17 bits per heavy atom. The van der Waals surface area contributed by atoms with Crippen molar-refractivity contribution in [1.29, 1.82) is 0 Å². The van der Waals surface area contributed by atoms with Crippen LogP contribution in [0.4, 0.5) is 11.4 Å². The normalized spacial score (nSPS) is 13.5. The summed E-state index contributed by atoms with van der Waals surface area (Å²) in [5.74, 6) is 0.639. The van der Waals surface area contributed by atoms with Gasteiger partial charge in [0.1, 0.15) is 0 Å². The van der Waals surface area contributed by atoms with Crippen molar-refractivity contribution in [2.24, 2.45) is 0 Å². The molecule has 0 saturated carbocycles. The smallest absolute Gasteiger partial charge is 0.213 e. The van der Waals surface area contributed by atoms with Crippen LogP contribution in [0.15, 0.2) is 36.5 Å². The summed E-state index contributed by atoms with van der Waals surface area (Å²) in [6.07, 6.45) is 1.84. The maximum atomic E-state index is 5.81. The van der Waals surface area contributed by atoms with Crippen LogP contribution >= 0.6 is 0 Å². The van der Waals surface area contributed by atoms with Gasteiger partial charge in [-0.25, -0.2) is 4.98 Å². The molecule has 0 unspecified atom stereocenters. The minimum Gasteiger partial charge on any atom is -0.481 e. The van der Waals surface area contributed by atoms with E-state index in [0.717, 1.165) is 24.5 Å². The first-order valence-corrected chi connectivity index (χ1v) is 5.88. The number of anilines is 2. The van der Waals surface area contributed by atoms with Crippen molar-refractivity contribution in [3.8, 4) is 5.88 Å². The van der Waals surface area contributed by atoms with Gasteiger partial charge in [-0.1, -0.05) is 6.07 Å². The predicted molar refractivity (Wildman–Crippen MR) is 71.5 cm³/mol. The molecular weight excluding hydrogens is 226 g/mol. The molecule has 0 fully saturated rings. The second-order valence-electron chi connectivity index (χ2n) is 4.44. The maximum absolute atomic E-state index is 5.81. The quantitative estimate of drug-likeness (QED) is 0.819. The van der Waals surface area contributed by atoms with Crippen LogP contribution in [0, 0.1) is 0 Å². The number of methoxy groups -OCH3 is 1. The summed E-state index contributed by atoms with van der Waals surface area (Å²) in [6.45, 7) is 1.79. The van der Waals surface area contributed by atoms with E-state index in [1.165, 1.54) is 11.1 Å². The Bertz CT molecular complexity index is 566. The molecule has 2 heterocycles. The zero-order valence-corrected chi connectivity index (χ0v) is 10.3. The monoisotopic (exact) mass is 241 g/mol. The third-order valence-corrected chi connectivity index (χ3v) is 3.25. The molecule has 3 rings (SSSR count). The summed E-state index contributed by atoms with van der Waals surface area (Å²) in [5.41, 5.74) is 10.4. The van der Waals surface area contributed by atoms with E-state index in [-0.39, 0.29) is 0 Å². The molecule has 0 bridgehead atoms. The average Bonchev–Trinajstić information content (AvgIpc) is 2.81. The second-order valence-corrected chi connectivity index (χ2v) is 4.44. The van der Waals surface area contributed by atoms with Gasteiger partial charge in [-0.2, -0.15) is 0 Å². The minimum absolute atomic E-state index is 0.639. The predicted octanol–water partition coefficient (Wildman–Crippen LogP) is 2.19. The fourth-order valence-corrected chi connectivity index (χ4v) is 2.28. The molecule has 2 aromatic rings. The molecule has 0 atom stereocenters. The largest absolute Gasteiger partial charge is 0.481 e. The van der Waals surface area contributed by atoms with Crippen LogP contribution in [0.3, 0.4) is 0 Å². The van der Waals surface area contributed by atoms with E-state index < -0.39 is 0 Å². The lowest BCUT2D eigenvalue weighted by Gasteiger charge is -2.17. The molecule has 1 aliphatic rings. The van der Waals surface area contributed by atoms with Crippen molar-refractivity contribution in [1.82, 2.24) is 4.98 Å². The van der Waals surface area contributed by atoms with Gasteiger partial charge in [0.15, 0.2) is 0 Å². The summed E-state index contributed by atoms with van der Waals surface area (Å²) in [7, 11) is 1.62. The lowest BCUT2D eigenvalue weighted by molar-refractivity contribution is 0.398. The first kappa shape index (κ1) is 10.9. The topological polar surface area (TPSA) is 51.4 Å². The van der Waals surface area contributed by atoms with Gasteiger partial charge >= 0.3 is 0 Å². The number of benzene rings is 1. The van der Waals surface area contributed by atoms with E-state index in [1.54, 1.807) is 7.11 Å². The number of hydrogen-bond acceptors (Lipinski definition) is 4. The number of fused-ring (bicyclic) bond motifs is 1. The minimum atomic E-state index is 0.639. The summed E-state index contributed by atoms with van der Waals surface area (Å²) < 4.78 is 5.06. The zero-order chi connectivity index (χ0) is 12.5. The van der Waals surface area contributed by atoms with E-state index in [4.69, 9.17) is 10.5 Å². The number of hydrogen-bond donors (Lipinski definition) is 1. The molecule has 92 valence electrons. The van der Waals surface area contributed by atoms with Crippen LogP contribution in [0.2, 0.25) is 0 Å². The fraction of sp³-hybridized carbons (Fsp3) is 0.214. The van der Waals surface area contributed by atoms with Gasteiger partial charge in [-0.3, -0.25) is 0 Å². The lowest BCUT2D eigenvalue weighted by Crippen LogP contribution is -2.14. The van der Waals surface area contributed by atoms with Crippen molar-refractivity contribution < 1.29 is 4.74 Å². The van der Waals surface area contributed by atoms with Gasteiger partial charge in [0.25, 0.3) is 0 Å². The SMILES string of the molecule is COc1ccc(N2Cc3ccc(N)cc3C2)cn1. The van der Waals surface area contributed by atoms with Crippen molar-refractivity contribution in [2.75, 3.05) is 17.7 Å².